The number of aromatic nitrogens is 1. The predicted molar refractivity (Wildman–Crippen MR) is 104 cm³/mol. The highest BCUT2D eigenvalue weighted by Gasteiger charge is 2.18. The van der Waals surface area contributed by atoms with Crippen LogP contribution in [0.15, 0.2) is 41.4 Å². The van der Waals surface area contributed by atoms with E-state index in [1.165, 1.54) is 4.57 Å². The Hall–Kier alpha value is -3.07. The van der Waals surface area contributed by atoms with Crippen molar-refractivity contribution in [3.63, 3.8) is 0 Å². The van der Waals surface area contributed by atoms with E-state index in [1.54, 1.807) is 25.1 Å². The summed E-state index contributed by atoms with van der Waals surface area (Å²) in [6, 6.07) is 8.33. The molecule has 0 fully saturated rings. The van der Waals surface area contributed by atoms with E-state index >= 15 is 0 Å². The lowest BCUT2D eigenvalue weighted by molar-refractivity contribution is -0.143. The van der Waals surface area contributed by atoms with E-state index in [-0.39, 0.29) is 18.0 Å². The molecule has 2 aromatic carbocycles. The Labute approximate surface area is 169 Å². The average Bonchev–Trinajstić information content (AvgIpc) is 2.98. The zero-order chi connectivity index (χ0) is 21.0. The van der Waals surface area contributed by atoms with E-state index in [9.17, 15) is 18.4 Å². The van der Waals surface area contributed by atoms with E-state index in [2.05, 4.69) is 4.99 Å². The summed E-state index contributed by atoms with van der Waals surface area (Å²) in [6.07, 6.45) is 0. The van der Waals surface area contributed by atoms with Crippen molar-refractivity contribution >= 4 is 33.4 Å². The number of hydrogen-bond acceptors (Lipinski definition) is 5. The van der Waals surface area contributed by atoms with E-state index in [0.29, 0.717) is 22.6 Å². The van der Waals surface area contributed by atoms with Gasteiger partial charge in [0.05, 0.1) is 23.4 Å². The number of nitrogens with zero attached hydrogens (tertiary/aromatic N) is 2. The lowest BCUT2D eigenvalue weighted by atomic mass is 10.2. The van der Waals surface area contributed by atoms with Crippen molar-refractivity contribution in [3.05, 3.63) is 58.4 Å². The standard InChI is InChI=1S/C20H18F2N2O4S/c1-3-27-12-8-9-15-16(10-12)29-20(24(15)11-17(25)28-4-2)23-19(26)18-13(21)6-5-7-14(18)22/h5-10H,3-4,11H2,1-2H3. The average molecular weight is 420 g/mol. The molecule has 1 amide bonds. The summed E-state index contributed by atoms with van der Waals surface area (Å²) in [5.74, 6) is -2.99. The smallest absolute Gasteiger partial charge is 0.326 e. The maximum absolute atomic E-state index is 13.9. The second kappa shape index (κ2) is 8.95. The molecule has 29 heavy (non-hydrogen) atoms. The highest BCUT2D eigenvalue weighted by Crippen LogP contribution is 2.24. The number of amides is 1. The molecule has 3 rings (SSSR count). The molecule has 0 unspecified atom stereocenters. The summed E-state index contributed by atoms with van der Waals surface area (Å²) in [7, 11) is 0. The number of thiazole rings is 1. The maximum Gasteiger partial charge on any atom is 0.326 e. The third-order valence-corrected chi connectivity index (χ3v) is 4.97. The van der Waals surface area contributed by atoms with Gasteiger partial charge < -0.3 is 14.0 Å². The fraction of sp³-hybridized carbons (Fsp3) is 0.250. The number of fused-ring (bicyclic) bond motifs is 1. The molecule has 0 saturated carbocycles. The molecule has 3 aromatic rings. The van der Waals surface area contributed by atoms with Crippen molar-refractivity contribution in [1.29, 1.82) is 0 Å². The van der Waals surface area contributed by atoms with E-state index in [0.717, 1.165) is 29.5 Å². The summed E-state index contributed by atoms with van der Waals surface area (Å²) in [4.78, 5) is 28.5. The van der Waals surface area contributed by atoms with E-state index in [1.807, 2.05) is 6.92 Å². The normalized spacial score (nSPS) is 11.7. The third kappa shape index (κ3) is 4.51. The van der Waals surface area contributed by atoms with Crippen LogP contribution in [0.25, 0.3) is 10.2 Å². The minimum absolute atomic E-state index is 0.120. The Morgan fingerprint density at radius 1 is 1.10 bits per heavy atom. The summed E-state index contributed by atoms with van der Waals surface area (Å²) < 4.78 is 40.5. The first-order chi connectivity index (χ1) is 13.9. The van der Waals surface area contributed by atoms with Crippen molar-refractivity contribution in [3.8, 4) is 5.75 Å². The molecule has 0 atom stereocenters. The van der Waals surface area contributed by atoms with Crippen LogP contribution in [0, 0.1) is 11.6 Å². The van der Waals surface area contributed by atoms with Gasteiger partial charge in [-0.2, -0.15) is 4.99 Å². The zero-order valence-corrected chi connectivity index (χ0v) is 16.6. The number of ether oxygens (including phenoxy) is 2. The summed E-state index contributed by atoms with van der Waals surface area (Å²) in [5, 5.41) is 0. The number of carbonyl (C=O) groups excluding carboxylic acids is 2. The van der Waals surface area contributed by atoms with Crippen LogP contribution in [-0.2, 0) is 16.1 Å². The van der Waals surface area contributed by atoms with Gasteiger partial charge in [0, 0.05) is 0 Å². The predicted octanol–water partition coefficient (Wildman–Crippen LogP) is 3.68. The molecular weight excluding hydrogens is 402 g/mol. The number of rotatable bonds is 6. The van der Waals surface area contributed by atoms with Crippen LogP contribution in [-0.4, -0.2) is 29.7 Å². The van der Waals surface area contributed by atoms with Crippen LogP contribution in [0.4, 0.5) is 8.78 Å². The molecule has 0 aliphatic rings. The largest absolute Gasteiger partial charge is 0.494 e. The van der Waals surface area contributed by atoms with Crippen LogP contribution in [0.1, 0.15) is 24.2 Å². The monoisotopic (exact) mass is 420 g/mol. The second-order valence-corrected chi connectivity index (χ2v) is 6.86. The first-order valence-corrected chi connectivity index (χ1v) is 9.71. The Balaban J connectivity index is 2.14. The number of benzene rings is 2. The molecule has 0 aliphatic heterocycles. The SMILES string of the molecule is CCOC(=O)Cn1c(=NC(=O)c2c(F)cccc2F)sc2cc(OCC)ccc21. The van der Waals surface area contributed by atoms with Gasteiger partial charge in [-0.1, -0.05) is 17.4 Å². The Bertz CT molecular complexity index is 1120. The fourth-order valence-electron chi connectivity index (χ4n) is 2.73. The molecule has 1 heterocycles. The second-order valence-electron chi connectivity index (χ2n) is 5.85. The van der Waals surface area contributed by atoms with Crippen molar-refractivity contribution in [1.82, 2.24) is 4.57 Å². The highest BCUT2D eigenvalue weighted by molar-refractivity contribution is 7.16. The van der Waals surface area contributed by atoms with Gasteiger partial charge in [0.15, 0.2) is 4.80 Å². The molecule has 9 heteroatoms. The first kappa shape index (κ1) is 20.7. The molecule has 0 saturated heterocycles. The molecule has 0 bridgehead atoms. The number of halogens is 2. The summed E-state index contributed by atoms with van der Waals surface area (Å²) >= 11 is 1.10. The quantitative estimate of drug-likeness (QED) is 0.571. The molecular formula is C20H18F2N2O4S. The van der Waals surface area contributed by atoms with Crippen molar-refractivity contribution in [2.45, 2.75) is 20.4 Å². The van der Waals surface area contributed by atoms with Crippen LogP contribution in [0.2, 0.25) is 0 Å². The van der Waals surface area contributed by atoms with Gasteiger partial charge in [-0.15, -0.1) is 0 Å². The van der Waals surface area contributed by atoms with Gasteiger partial charge in [-0.3, -0.25) is 9.59 Å². The minimum Gasteiger partial charge on any atom is -0.494 e. The summed E-state index contributed by atoms with van der Waals surface area (Å²) in [6.45, 7) is 4.00. The van der Waals surface area contributed by atoms with Crippen LogP contribution >= 0.6 is 11.3 Å². The number of carbonyl (C=O) groups is 2. The van der Waals surface area contributed by atoms with Crippen LogP contribution in [0.3, 0.4) is 0 Å². The molecule has 0 spiro atoms. The van der Waals surface area contributed by atoms with Crippen molar-refractivity contribution in [2.75, 3.05) is 13.2 Å². The molecule has 0 N–H and O–H groups in total. The minimum atomic E-state index is -1.07. The Kier molecular flexibility index (Phi) is 6.38. The number of esters is 1. The van der Waals surface area contributed by atoms with Gasteiger partial charge in [0.2, 0.25) is 0 Å². The summed E-state index contributed by atoms with van der Waals surface area (Å²) in [5.41, 5.74) is -0.130. The molecule has 152 valence electrons. The van der Waals surface area contributed by atoms with Gasteiger partial charge in [0.1, 0.15) is 29.5 Å². The lowest BCUT2D eigenvalue weighted by Crippen LogP contribution is -2.23. The van der Waals surface area contributed by atoms with Gasteiger partial charge in [0.25, 0.3) is 5.91 Å². The maximum atomic E-state index is 13.9. The van der Waals surface area contributed by atoms with Gasteiger partial charge in [-0.05, 0) is 44.2 Å². The Morgan fingerprint density at radius 3 is 2.48 bits per heavy atom. The Morgan fingerprint density at radius 2 is 1.83 bits per heavy atom. The van der Waals surface area contributed by atoms with E-state index in [4.69, 9.17) is 9.47 Å². The molecule has 0 aliphatic carbocycles. The van der Waals surface area contributed by atoms with E-state index < -0.39 is 29.1 Å². The van der Waals surface area contributed by atoms with Crippen molar-refractivity contribution < 1.29 is 27.8 Å². The molecule has 0 radical (unpaired) electrons. The molecule has 1 aromatic heterocycles. The fourth-order valence-corrected chi connectivity index (χ4v) is 3.78. The lowest BCUT2D eigenvalue weighted by Gasteiger charge is -2.06. The number of hydrogen-bond donors (Lipinski definition) is 0. The van der Waals surface area contributed by atoms with Crippen LogP contribution < -0.4 is 9.54 Å². The topological polar surface area (TPSA) is 69.9 Å². The zero-order valence-electron chi connectivity index (χ0n) is 15.8. The molecule has 6 nitrogen and oxygen atoms in total. The van der Waals surface area contributed by atoms with Gasteiger partial charge >= 0.3 is 5.97 Å². The highest BCUT2D eigenvalue weighted by atomic mass is 32.1. The third-order valence-electron chi connectivity index (χ3n) is 3.93. The van der Waals surface area contributed by atoms with Crippen molar-refractivity contribution in [2.24, 2.45) is 4.99 Å². The first-order valence-electron chi connectivity index (χ1n) is 8.89. The van der Waals surface area contributed by atoms with Gasteiger partial charge in [-0.25, -0.2) is 8.78 Å². The van der Waals surface area contributed by atoms with Crippen LogP contribution in [0.5, 0.6) is 5.75 Å².